The molecule has 0 aromatic heterocycles. The van der Waals surface area contributed by atoms with Gasteiger partial charge in [0.1, 0.15) is 0 Å². The summed E-state index contributed by atoms with van der Waals surface area (Å²) in [6.45, 7) is 0. The largest absolute Gasteiger partial charge is 0.337 e. The standard InChI is InChI=1S/C49H47NS2/c1-3-14-32(15-4-1)33-26-28-46-41(30-33)49(39-21-8-11-24-44(39)51-46)40-22-9-12-25-45(40)52-47-29-27-34(31-42(47)49)36-19-13-20-38-37-18-7-10-23-43(37)50(48(36)38)35-16-5-2-6-17-35/h1-6,8-12,14-17,21-25,27,29,31,33,36-37,39,41,43-44,46H,7,13,18-20,26,28,30H2. The molecule has 52 heavy (non-hydrogen) atoms. The molecule has 2 fully saturated rings. The van der Waals surface area contributed by atoms with Crippen LogP contribution in [0.5, 0.6) is 0 Å². The highest BCUT2D eigenvalue weighted by molar-refractivity contribution is 8.00. The molecule has 3 aliphatic heterocycles. The van der Waals surface area contributed by atoms with Crippen LogP contribution in [0, 0.1) is 17.8 Å². The molecule has 4 aliphatic carbocycles. The fraction of sp³-hybridized carbons (Fsp3) is 0.347. The minimum atomic E-state index is -0.0696. The van der Waals surface area contributed by atoms with E-state index in [1.54, 1.807) is 28.0 Å². The highest BCUT2D eigenvalue weighted by atomic mass is 32.2. The van der Waals surface area contributed by atoms with Crippen LogP contribution in [0.15, 0.2) is 161 Å². The summed E-state index contributed by atoms with van der Waals surface area (Å²) in [5, 5.41) is 1.14. The van der Waals surface area contributed by atoms with Crippen molar-refractivity contribution in [2.75, 3.05) is 4.90 Å². The second kappa shape index (κ2) is 12.7. The Bertz CT molecular complexity index is 2130. The molecule has 3 heteroatoms. The van der Waals surface area contributed by atoms with Crippen molar-refractivity contribution in [2.24, 2.45) is 17.8 Å². The van der Waals surface area contributed by atoms with Crippen molar-refractivity contribution >= 4 is 29.2 Å². The average molecular weight is 714 g/mol. The highest BCUT2D eigenvalue weighted by Crippen LogP contribution is 2.67. The van der Waals surface area contributed by atoms with E-state index in [0.29, 0.717) is 46.1 Å². The first-order valence-corrected chi connectivity index (χ1v) is 21.8. The Labute approximate surface area is 318 Å². The van der Waals surface area contributed by atoms with Gasteiger partial charge in [-0.25, -0.2) is 0 Å². The van der Waals surface area contributed by atoms with Crippen molar-refractivity contribution in [2.45, 2.75) is 95.0 Å². The molecule has 0 radical (unpaired) electrons. The molecule has 9 atom stereocenters. The number of nitrogens with zero attached hydrogens (tertiary/aromatic N) is 1. The maximum atomic E-state index is 2.78. The molecule has 260 valence electrons. The minimum absolute atomic E-state index is 0.0696. The van der Waals surface area contributed by atoms with Crippen LogP contribution in [0.4, 0.5) is 5.69 Å². The zero-order chi connectivity index (χ0) is 34.2. The average Bonchev–Trinajstić information content (AvgIpc) is 3.56. The molecule has 0 N–H and O–H groups in total. The van der Waals surface area contributed by atoms with E-state index < -0.39 is 0 Å². The smallest absolute Gasteiger partial charge is 0.0585 e. The fourth-order valence-corrected chi connectivity index (χ4v) is 15.1. The summed E-state index contributed by atoms with van der Waals surface area (Å²) in [4.78, 5) is 5.74. The van der Waals surface area contributed by atoms with Crippen molar-refractivity contribution in [1.82, 2.24) is 0 Å². The van der Waals surface area contributed by atoms with Gasteiger partial charge < -0.3 is 4.90 Å². The summed E-state index contributed by atoms with van der Waals surface area (Å²) in [5.41, 5.74) is 11.0. The summed E-state index contributed by atoms with van der Waals surface area (Å²) in [7, 11) is 0. The van der Waals surface area contributed by atoms with Gasteiger partial charge in [-0.1, -0.05) is 127 Å². The first kappa shape index (κ1) is 31.8. The number of allylic oxidation sites excluding steroid dienone is 5. The SMILES string of the molecule is C1=CC2SC3CCC(c4ccccc4)CC3C3(c4ccccc4Sc4ccc(C5CCCC6=C5N(c5ccccc5)C5C=CCCC65)cc43)C2C=C1. The molecular formula is C49H47NS2. The van der Waals surface area contributed by atoms with Crippen molar-refractivity contribution in [3.05, 3.63) is 173 Å². The van der Waals surface area contributed by atoms with Crippen LogP contribution in [0.3, 0.4) is 0 Å². The van der Waals surface area contributed by atoms with Gasteiger partial charge in [-0.3, -0.25) is 0 Å². The van der Waals surface area contributed by atoms with E-state index >= 15 is 0 Å². The van der Waals surface area contributed by atoms with Gasteiger partial charge in [0.2, 0.25) is 0 Å². The zero-order valence-electron chi connectivity index (χ0n) is 29.8. The van der Waals surface area contributed by atoms with E-state index in [2.05, 4.69) is 156 Å². The van der Waals surface area contributed by atoms with Crippen LogP contribution in [-0.2, 0) is 5.41 Å². The van der Waals surface area contributed by atoms with Crippen LogP contribution < -0.4 is 4.90 Å². The van der Waals surface area contributed by atoms with Gasteiger partial charge in [0.05, 0.1) is 6.04 Å². The lowest BCUT2D eigenvalue weighted by molar-refractivity contribution is 0.167. The predicted octanol–water partition coefficient (Wildman–Crippen LogP) is 12.6. The van der Waals surface area contributed by atoms with Gasteiger partial charge >= 0.3 is 0 Å². The monoisotopic (exact) mass is 713 g/mol. The molecule has 1 saturated heterocycles. The molecule has 11 rings (SSSR count). The minimum Gasteiger partial charge on any atom is -0.337 e. The molecule has 1 nitrogen and oxygen atoms in total. The Balaban J connectivity index is 1.10. The summed E-state index contributed by atoms with van der Waals surface area (Å²) >= 11 is 4.34. The number of hydrogen-bond acceptors (Lipinski definition) is 3. The Morgan fingerprint density at radius 3 is 2.40 bits per heavy atom. The number of hydrogen-bond donors (Lipinski definition) is 0. The maximum absolute atomic E-state index is 2.78. The number of para-hydroxylation sites is 1. The van der Waals surface area contributed by atoms with Crippen LogP contribution >= 0.6 is 23.5 Å². The van der Waals surface area contributed by atoms with Gasteiger partial charge in [0.15, 0.2) is 0 Å². The lowest BCUT2D eigenvalue weighted by atomic mass is 9.52. The van der Waals surface area contributed by atoms with Crippen LogP contribution in [-0.4, -0.2) is 16.5 Å². The number of thioether (sulfide) groups is 1. The summed E-state index contributed by atoms with van der Waals surface area (Å²) < 4.78 is 0. The van der Waals surface area contributed by atoms with Crippen molar-refractivity contribution < 1.29 is 0 Å². The third-order valence-electron chi connectivity index (χ3n) is 14.0. The molecule has 3 heterocycles. The third-order valence-corrected chi connectivity index (χ3v) is 16.8. The molecule has 0 amide bonds. The predicted molar refractivity (Wildman–Crippen MR) is 219 cm³/mol. The van der Waals surface area contributed by atoms with E-state index in [4.69, 9.17) is 0 Å². The van der Waals surface area contributed by atoms with E-state index in [0.717, 1.165) is 0 Å². The molecule has 7 aliphatic rings. The first-order chi connectivity index (χ1) is 25.8. The van der Waals surface area contributed by atoms with Gasteiger partial charge in [-0.15, -0.1) is 11.8 Å². The molecule has 4 aromatic carbocycles. The normalized spacial score (nSPS) is 33.9. The molecule has 4 aromatic rings. The van der Waals surface area contributed by atoms with Crippen molar-refractivity contribution in [3.8, 4) is 0 Å². The van der Waals surface area contributed by atoms with Gasteiger partial charge in [-0.2, -0.15) is 0 Å². The van der Waals surface area contributed by atoms with Gasteiger partial charge in [-0.05, 0) is 115 Å². The maximum Gasteiger partial charge on any atom is 0.0585 e. The molecular weight excluding hydrogens is 667 g/mol. The van der Waals surface area contributed by atoms with Crippen LogP contribution in [0.25, 0.3) is 0 Å². The van der Waals surface area contributed by atoms with Crippen molar-refractivity contribution in [1.29, 1.82) is 0 Å². The number of rotatable bonds is 3. The van der Waals surface area contributed by atoms with Crippen LogP contribution in [0.1, 0.15) is 85.5 Å². The van der Waals surface area contributed by atoms with Crippen molar-refractivity contribution in [3.63, 3.8) is 0 Å². The summed E-state index contributed by atoms with van der Waals surface area (Å²) in [5.74, 6) is 2.65. The topological polar surface area (TPSA) is 3.24 Å². The molecule has 0 bridgehead atoms. The lowest BCUT2D eigenvalue weighted by Crippen LogP contribution is -2.57. The van der Waals surface area contributed by atoms with E-state index in [-0.39, 0.29) is 5.41 Å². The highest BCUT2D eigenvalue weighted by Gasteiger charge is 2.60. The number of benzene rings is 4. The van der Waals surface area contributed by atoms with Gasteiger partial charge in [0, 0.05) is 54.8 Å². The first-order valence-electron chi connectivity index (χ1n) is 20.0. The number of fused-ring (bicyclic) bond motifs is 10. The molecule has 9 unspecified atom stereocenters. The van der Waals surface area contributed by atoms with E-state index in [9.17, 15) is 0 Å². The number of anilines is 1. The summed E-state index contributed by atoms with van der Waals surface area (Å²) in [6, 6.07) is 40.7. The molecule has 1 spiro atoms. The summed E-state index contributed by atoms with van der Waals surface area (Å²) in [6.07, 6.45) is 25.0. The Kier molecular flexibility index (Phi) is 7.80. The Morgan fingerprint density at radius 1 is 0.692 bits per heavy atom. The van der Waals surface area contributed by atoms with E-state index in [1.807, 2.05) is 11.8 Å². The fourth-order valence-electron chi connectivity index (χ4n) is 12.0. The third kappa shape index (κ3) is 4.77. The second-order valence-electron chi connectivity index (χ2n) is 16.3. The second-order valence-corrected chi connectivity index (χ2v) is 18.9. The molecule has 1 saturated carbocycles. The van der Waals surface area contributed by atoms with E-state index in [1.165, 1.54) is 72.4 Å². The zero-order valence-corrected chi connectivity index (χ0v) is 31.5. The quantitative estimate of drug-likeness (QED) is 0.195. The Morgan fingerprint density at radius 2 is 1.50 bits per heavy atom. The van der Waals surface area contributed by atoms with Crippen LogP contribution in [0.2, 0.25) is 0 Å². The van der Waals surface area contributed by atoms with Gasteiger partial charge in [0.25, 0.3) is 0 Å². The Hall–Kier alpha value is -3.66. The lowest BCUT2D eigenvalue weighted by Gasteiger charge is -2.60.